The molecule has 0 heterocycles. The normalized spacial score (nSPS) is 16.1. The fourth-order valence-corrected chi connectivity index (χ4v) is 1.65. The van der Waals surface area contributed by atoms with Gasteiger partial charge in [0, 0.05) is 11.2 Å². The molecule has 0 saturated carbocycles. The Balaban J connectivity index is 3.39. The summed E-state index contributed by atoms with van der Waals surface area (Å²) in [5.74, 6) is 0. The first kappa shape index (κ1) is 8.82. The highest BCUT2D eigenvalue weighted by Gasteiger charge is 2.25. The van der Waals surface area contributed by atoms with Gasteiger partial charge in [0.05, 0.1) is 0 Å². The number of alkyl halides is 4. The van der Waals surface area contributed by atoms with E-state index < -0.39 is 4.83 Å². The molecule has 4 heteroatoms. The molecule has 0 spiro atoms. The van der Waals surface area contributed by atoms with Gasteiger partial charge in [-0.1, -0.05) is 22.9 Å². The molecule has 0 radical (unpaired) electrons. The Morgan fingerprint density at radius 1 is 1.62 bits per heavy atom. The lowest BCUT2D eigenvalue weighted by Crippen LogP contribution is -2.09. The molecule has 1 atom stereocenters. The zero-order chi connectivity index (χ0) is 6.78. The second-order valence-corrected chi connectivity index (χ2v) is 4.32. The number of hydrogen-bond acceptors (Lipinski definition) is 0. The molecule has 0 aliphatic carbocycles. The topological polar surface area (TPSA) is 0 Å². The van der Waals surface area contributed by atoms with Crippen LogP contribution in [0.4, 0.5) is 8.78 Å². The Hall–Kier alpha value is 0.820. The third-order valence-electron chi connectivity index (χ3n) is 0.513. The van der Waals surface area contributed by atoms with Crippen molar-refractivity contribution in [3.63, 3.8) is 0 Å². The van der Waals surface area contributed by atoms with Gasteiger partial charge in [-0.15, -0.1) is 0 Å². The van der Waals surface area contributed by atoms with Gasteiger partial charge in [0.1, 0.15) is 0 Å². The summed E-state index contributed by atoms with van der Waals surface area (Å²) in [4.78, 5) is -2.85. The van der Waals surface area contributed by atoms with Crippen molar-refractivity contribution in [1.82, 2.24) is 0 Å². The minimum atomic E-state index is -2.71. The quantitative estimate of drug-likeness (QED) is 0.662. The second kappa shape index (κ2) is 3.11. The average Bonchev–Trinajstić information content (AvgIpc) is 1.21. The Morgan fingerprint density at radius 2 is 2.00 bits per heavy atom. The van der Waals surface area contributed by atoms with E-state index in [0.29, 0.717) is 0 Å². The summed E-state index contributed by atoms with van der Waals surface area (Å²) in [6.45, 7) is 1.68. The largest absolute Gasteiger partial charge is 0.302 e. The molecule has 8 heavy (non-hydrogen) atoms. The molecule has 0 aromatic rings. The lowest BCUT2D eigenvalue weighted by molar-refractivity contribution is 0.106. The highest BCUT2D eigenvalue weighted by molar-refractivity contribution is 9.10. The maximum Gasteiger partial charge on any atom is 0.302 e. The van der Waals surface area contributed by atoms with Crippen LogP contribution in [-0.2, 0) is 0 Å². The Labute approximate surface area is 63.9 Å². The minimum Gasteiger partial charge on any atom is -0.194 e. The molecular weight excluding hydrogens is 246 g/mol. The minimum absolute atomic E-state index is 0.142. The van der Waals surface area contributed by atoms with E-state index in [9.17, 15) is 8.78 Å². The summed E-state index contributed by atoms with van der Waals surface area (Å²) in [7, 11) is 0. The maximum atomic E-state index is 11.9. The zero-order valence-electron chi connectivity index (χ0n) is 4.30. The van der Waals surface area contributed by atoms with Crippen LogP contribution < -0.4 is 0 Å². The summed E-state index contributed by atoms with van der Waals surface area (Å²) < 4.78 is 23.7. The van der Waals surface area contributed by atoms with Gasteiger partial charge in [-0.2, -0.15) is 8.78 Å². The molecule has 0 N–H and O–H groups in total. The van der Waals surface area contributed by atoms with Gasteiger partial charge in [0.15, 0.2) is 0 Å². The van der Waals surface area contributed by atoms with E-state index in [1.807, 2.05) is 0 Å². The van der Waals surface area contributed by atoms with Gasteiger partial charge >= 0.3 is 4.83 Å². The summed E-state index contributed by atoms with van der Waals surface area (Å²) in [5, 5.41) is 0. The number of halogens is 4. The van der Waals surface area contributed by atoms with Gasteiger partial charge in [-0.05, 0) is 15.9 Å². The fraction of sp³-hybridized carbons (Fsp3) is 1.00. The molecule has 0 aliphatic rings. The molecule has 0 fully saturated rings. The van der Waals surface area contributed by atoms with Crippen LogP contribution in [-0.4, -0.2) is 9.66 Å². The van der Waals surface area contributed by atoms with E-state index in [0.717, 1.165) is 0 Å². The van der Waals surface area contributed by atoms with E-state index in [4.69, 9.17) is 0 Å². The summed E-state index contributed by atoms with van der Waals surface area (Å²) >= 11 is 5.22. The van der Waals surface area contributed by atoms with E-state index >= 15 is 0 Å². The van der Waals surface area contributed by atoms with Crippen LogP contribution in [0, 0.1) is 0 Å². The molecule has 0 aliphatic heterocycles. The van der Waals surface area contributed by atoms with Crippen molar-refractivity contribution in [2.45, 2.75) is 23.0 Å². The van der Waals surface area contributed by atoms with Crippen molar-refractivity contribution in [2.24, 2.45) is 0 Å². The fourth-order valence-electron chi connectivity index (χ4n) is 0.319. The summed E-state index contributed by atoms with van der Waals surface area (Å²) in [5.41, 5.74) is 0. The van der Waals surface area contributed by atoms with Gasteiger partial charge < -0.3 is 0 Å². The predicted molar refractivity (Wildman–Crippen MR) is 36.9 cm³/mol. The van der Waals surface area contributed by atoms with Gasteiger partial charge in [0.2, 0.25) is 0 Å². The molecule has 1 unspecified atom stereocenters. The van der Waals surface area contributed by atoms with Gasteiger partial charge in [-0.3, -0.25) is 0 Å². The Kier molecular flexibility index (Phi) is 3.43. The van der Waals surface area contributed by atoms with Crippen LogP contribution in [0.25, 0.3) is 0 Å². The standard InChI is InChI=1S/C4H6Br2F2/c1-3(5)2-4(6,7)8/h3H,2H2,1H3. The van der Waals surface area contributed by atoms with Crippen LogP contribution in [0.2, 0.25) is 0 Å². The third kappa shape index (κ3) is 6.82. The Bertz CT molecular complexity index is 66.9. The first-order chi connectivity index (χ1) is 3.42. The highest BCUT2D eigenvalue weighted by atomic mass is 79.9. The predicted octanol–water partition coefficient (Wildman–Crippen LogP) is 3.15. The number of hydrogen-bond donors (Lipinski definition) is 0. The van der Waals surface area contributed by atoms with E-state index in [-0.39, 0.29) is 11.2 Å². The first-order valence-electron chi connectivity index (χ1n) is 2.12. The molecule has 50 valence electrons. The second-order valence-electron chi connectivity index (χ2n) is 1.60. The average molecular weight is 252 g/mol. The third-order valence-corrected chi connectivity index (χ3v) is 1.16. The SMILES string of the molecule is CC(Br)CC(F)(F)Br. The summed E-state index contributed by atoms with van der Waals surface area (Å²) in [6, 6.07) is 0. The molecule has 0 aromatic heterocycles. The Morgan fingerprint density at radius 3 is 2.00 bits per heavy atom. The first-order valence-corrected chi connectivity index (χ1v) is 3.83. The van der Waals surface area contributed by atoms with Crippen LogP contribution in [0.15, 0.2) is 0 Å². The van der Waals surface area contributed by atoms with E-state index in [1.54, 1.807) is 6.92 Å². The molecule has 0 nitrogen and oxygen atoms in total. The molecule has 0 aromatic carbocycles. The van der Waals surface area contributed by atoms with Crippen LogP contribution in [0.3, 0.4) is 0 Å². The van der Waals surface area contributed by atoms with Crippen LogP contribution >= 0.6 is 31.9 Å². The summed E-state index contributed by atoms with van der Waals surface area (Å²) in [6.07, 6.45) is -0.174. The maximum absolute atomic E-state index is 11.9. The van der Waals surface area contributed by atoms with Crippen molar-refractivity contribution in [3.05, 3.63) is 0 Å². The molecular formula is C4H6Br2F2. The lowest BCUT2D eigenvalue weighted by Gasteiger charge is -2.08. The van der Waals surface area contributed by atoms with E-state index in [2.05, 4.69) is 31.9 Å². The van der Waals surface area contributed by atoms with E-state index in [1.165, 1.54) is 0 Å². The van der Waals surface area contributed by atoms with Gasteiger partial charge in [-0.25, -0.2) is 0 Å². The zero-order valence-corrected chi connectivity index (χ0v) is 7.47. The van der Waals surface area contributed by atoms with Crippen LogP contribution in [0.5, 0.6) is 0 Å². The molecule has 0 rings (SSSR count). The van der Waals surface area contributed by atoms with Gasteiger partial charge in [0.25, 0.3) is 0 Å². The van der Waals surface area contributed by atoms with Crippen molar-refractivity contribution < 1.29 is 8.78 Å². The lowest BCUT2D eigenvalue weighted by atomic mass is 10.3. The van der Waals surface area contributed by atoms with Crippen molar-refractivity contribution in [1.29, 1.82) is 0 Å². The van der Waals surface area contributed by atoms with Crippen molar-refractivity contribution in [2.75, 3.05) is 0 Å². The molecule has 0 saturated heterocycles. The number of rotatable bonds is 2. The molecule has 0 amide bonds. The van der Waals surface area contributed by atoms with Crippen LogP contribution in [0.1, 0.15) is 13.3 Å². The highest BCUT2D eigenvalue weighted by Crippen LogP contribution is 2.29. The van der Waals surface area contributed by atoms with Crippen molar-refractivity contribution in [3.8, 4) is 0 Å². The smallest absolute Gasteiger partial charge is 0.194 e. The van der Waals surface area contributed by atoms with Crippen molar-refractivity contribution >= 4 is 31.9 Å². The molecule has 0 bridgehead atoms. The monoisotopic (exact) mass is 250 g/mol.